The number of fused-ring (bicyclic) bond motifs is 1. The molecule has 1 aliphatic rings. The Morgan fingerprint density at radius 3 is 2.86 bits per heavy atom. The fraction of sp³-hybridized carbons (Fsp3) is 0.400. The van der Waals surface area contributed by atoms with E-state index < -0.39 is 5.97 Å². The number of carboxylic acid groups (broad SMARTS) is 1. The fourth-order valence-corrected chi connectivity index (χ4v) is 3.29. The highest BCUT2D eigenvalue weighted by molar-refractivity contribution is 9.10. The second-order valence-electron chi connectivity index (χ2n) is 5.22. The van der Waals surface area contributed by atoms with Crippen LogP contribution in [0, 0.1) is 0 Å². The molecule has 1 aromatic heterocycles. The highest BCUT2D eigenvalue weighted by Crippen LogP contribution is 2.30. The molecule has 2 N–H and O–H groups in total. The number of nitrogens with zero attached hydrogens (tertiary/aromatic N) is 1. The lowest BCUT2D eigenvalue weighted by molar-refractivity contribution is 0.0690. The molecule has 0 aliphatic carbocycles. The fourth-order valence-electron chi connectivity index (χ4n) is 2.68. The maximum absolute atomic E-state index is 11.1. The van der Waals surface area contributed by atoms with Gasteiger partial charge >= 0.3 is 5.97 Å². The summed E-state index contributed by atoms with van der Waals surface area (Å²) in [6.45, 7) is 3.91. The summed E-state index contributed by atoms with van der Waals surface area (Å²) in [6, 6.07) is 5.58. The van der Waals surface area contributed by atoms with E-state index in [0.29, 0.717) is 11.1 Å². The minimum absolute atomic E-state index is 0.166. The minimum Gasteiger partial charge on any atom is -0.492 e. The van der Waals surface area contributed by atoms with Crippen LogP contribution in [0.1, 0.15) is 23.3 Å². The molecular formula is C15H17BrN2O3. The van der Waals surface area contributed by atoms with Gasteiger partial charge < -0.3 is 14.8 Å². The molecule has 1 aromatic carbocycles. The van der Waals surface area contributed by atoms with Crippen molar-refractivity contribution in [1.82, 2.24) is 9.88 Å². The number of carbonyl (C=O) groups is 1. The third kappa shape index (κ3) is 3.06. The molecule has 0 radical (unpaired) electrons. The normalized spacial score (nSPS) is 15.7. The Bertz CT molecular complexity index is 662. The molecule has 112 valence electrons. The van der Waals surface area contributed by atoms with Gasteiger partial charge in [0, 0.05) is 18.0 Å². The van der Waals surface area contributed by atoms with Crippen LogP contribution in [0.2, 0.25) is 0 Å². The van der Waals surface area contributed by atoms with Crippen molar-refractivity contribution in [2.45, 2.75) is 12.8 Å². The number of hydrogen-bond acceptors (Lipinski definition) is 3. The van der Waals surface area contributed by atoms with Crippen molar-refractivity contribution in [3.8, 4) is 5.75 Å². The lowest BCUT2D eigenvalue weighted by Gasteiger charge is -2.14. The van der Waals surface area contributed by atoms with Gasteiger partial charge in [0.25, 0.3) is 0 Å². The number of ether oxygens (including phenoxy) is 1. The van der Waals surface area contributed by atoms with Crippen LogP contribution in [-0.4, -0.2) is 47.2 Å². The van der Waals surface area contributed by atoms with E-state index in [-0.39, 0.29) is 5.69 Å². The number of rotatable bonds is 5. The van der Waals surface area contributed by atoms with Crippen molar-refractivity contribution in [1.29, 1.82) is 0 Å². The summed E-state index contributed by atoms with van der Waals surface area (Å²) >= 11 is 3.31. The summed E-state index contributed by atoms with van der Waals surface area (Å²) in [4.78, 5) is 16.4. The smallest absolute Gasteiger partial charge is 0.353 e. The van der Waals surface area contributed by atoms with Crippen LogP contribution < -0.4 is 4.74 Å². The van der Waals surface area contributed by atoms with E-state index >= 15 is 0 Å². The van der Waals surface area contributed by atoms with Gasteiger partial charge in [-0.15, -0.1) is 0 Å². The predicted octanol–water partition coefficient (Wildman–Crippen LogP) is 3.10. The largest absolute Gasteiger partial charge is 0.492 e. The number of benzene rings is 1. The summed E-state index contributed by atoms with van der Waals surface area (Å²) < 4.78 is 6.34. The van der Waals surface area contributed by atoms with Gasteiger partial charge in [0.05, 0.1) is 9.99 Å². The van der Waals surface area contributed by atoms with Gasteiger partial charge in [-0.2, -0.15) is 0 Å². The van der Waals surface area contributed by atoms with Crippen LogP contribution in [-0.2, 0) is 0 Å². The molecule has 1 aliphatic heterocycles. The first-order valence-electron chi connectivity index (χ1n) is 7.05. The molecule has 2 heterocycles. The number of hydrogen-bond donors (Lipinski definition) is 2. The van der Waals surface area contributed by atoms with Gasteiger partial charge in [-0.05, 0) is 54.0 Å². The molecular weight excluding hydrogens is 336 g/mol. The topological polar surface area (TPSA) is 65.6 Å². The van der Waals surface area contributed by atoms with E-state index in [1.165, 1.54) is 12.8 Å². The van der Waals surface area contributed by atoms with E-state index in [1.807, 2.05) is 18.2 Å². The number of aromatic nitrogens is 1. The van der Waals surface area contributed by atoms with E-state index in [2.05, 4.69) is 25.8 Å². The molecule has 0 amide bonds. The molecule has 1 saturated heterocycles. The lowest BCUT2D eigenvalue weighted by atomic mass is 10.2. The second kappa shape index (κ2) is 6.07. The summed E-state index contributed by atoms with van der Waals surface area (Å²) in [7, 11) is 0. The number of halogens is 1. The SMILES string of the molecule is O=C(O)c1[nH]c2cc(OCCN3CCCC3)ccc2c1Br. The first-order valence-corrected chi connectivity index (χ1v) is 7.84. The maximum atomic E-state index is 11.1. The summed E-state index contributed by atoms with van der Waals surface area (Å²) in [5, 5.41) is 9.95. The van der Waals surface area contributed by atoms with E-state index in [0.717, 1.165) is 36.3 Å². The Morgan fingerprint density at radius 1 is 1.38 bits per heavy atom. The van der Waals surface area contributed by atoms with Crippen LogP contribution in [0.4, 0.5) is 0 Å². The molecule has 6 heteroatoms. The van der Waals surface area contributed by atoms with Gasteiger partial charge in [-0.1, -0.05) is 0 Å². The zero-order valence-electron chi connectivity index (χ0n) is 11.6. The monoisotopic (exact) mass is 352 g/mol. The van der Waals surface area contributed by atoms with Crippen molar-refractivity contribution in [2.75, 3.05) is 26.2 Å². The number of nitrogens with one attached hydrogen (secondary N) is 1. The minimum atomic E-state index is -0.977. The van der Waals surface area contributed by atoms with Crippen molar-refractivity contribution in [2.24, 2.45) is 0 Å². The lowest BCUT2D eigenvalue weighted by Crippen LogP contribution is -2.25. The molecule has 1 fully saturated rings. The van der Waals surface area contributed by atoms with Crippen LogP contribution in [0.25, 0.3) is 10.9 Å². The first kappa shape index (κ1) is 14.4. The van der Waals surface area contributed by atoms with Crippen LogP contribution in [0.5, 0.6) is 5.75 Å². The number of likely N-dealkylation sites (tertiary alicyclic amines) is 1. The maximum Gasteiger partial charge on any atom is 0.353 e. The van der Waals surface area contributed by atoms with Crippen molar-refractivity contribution in [3.63, 3.8) is 0 Å². The first-order chi connectivity index (χ1) is 10.1. The van der Waals surface area contributed by atoms with Gasteiger partial charge in [0.15, 0.2) is 0 Å². The molecule has 0 unspecified atom stereocenters. The van der Waals surface area contributed by atoms with Gasteiger partial charge in [0.1, 0.15) is 18.1 Å². The van der Waals surface area contributed by atoms with Crippen LogP contribution in [0.15, 0.2) is 22.7 Å². The molecule has 0 spiro atoms. The summed E-state index contributed by atoms with van der Waals surface area (Å²) in [5.74, 6) is -0.220. The molecule has 5 nitrogen and oxygen atoms in total. The standard InChI is InChI=1S/C15H17BrN2O3/c16-13-11-4-3-10(9-12(11)17-14(13)15(19)20)21-8-7-18-5-1-2-6-18/h3-4,9,17H,1-2,5-8H2,(H,19,20). The summed E-state index contributed by atoms with van der Waals surface area (Å²) in [6.07, 6.45) is 2.56. The zero-order chi connectivity index (χ0) is 14.8. The Hall–Kier alpha value is -1.53. The van der Waals surface area contributed by atoms with Gasteiger partial charge in [0.2, 0.25) is 0 Å². The predicted molar refractivity (Wildman–Crippen MR) is 84.1 cm³/mol. The molecule has 0 atom stereocenters. The van der Waals surface area contributed by atoms with Crippen LogP contribution >= 0.6 is 15.9 Å². The van der Waals surface area contributed by atoms with E-state index in [1.54, 1.807) is 0 Å². The van der Waals surface area contributed by atoms with Gasteiger partial charge in [-0.25, -0.2) is 4.79 Å². The van der Waals surface area contributed by atoms with Crippen molar-refractivity contribution >= 4 is 32.8 Å². The molecule has 3 rings (SSSR count). The third-order valence-electron chi connectivity index (χ3n) is 3.80. The Kier molecular flexibility index (Phi) is 4.17. The number of H-pyrrole nitrogens is 1. The highest BCUT2D eigenvalue weighted by atomic mass is 79.9. The molecule has 0 saturated carbocycles. The summed E-state index contributed by atoms with van der Waals surface area (Å²) in [5.41, 5.74) is 0.928. The van der Waals surface area contributed by atoms with Crippen molar-refractivity contribution < 1.29 is 14.6 Å². The number of aromatic carboxylic acids is 1. The van der Waals surface area contributed by atoms with Gasteiger partial charge in [-0.3, -0.25) is 4.90 Å². The third-order valence-corrected chi connectivity index (χ3v) is 4.62. The average molecular weight is 353 g/mol. The molecule has 2 aromatic rings. The van der Waals surface area contributed by atoms with Crippen LogP contribution in [0.3, 0.4) is 0 Å². The Morgan fingerprint density at radius 2 is 2.14 bits per heavy atom. The molecule has 21 heavy (non-hydrogen) atoms. The average Bonchev–Trinajstić information content (AvgIpc) is 3.07. The van der Waals surface area contributed by atoms with E-state index in [4.69, 9.17) is 9.84 Å². The highest BCUT2D eigenvalue weighted by Gasteiger charge is 2.15. The second-order valence-corrected chi connectivity index (χ2v) is 6.02. The molecule has 0 bridgehead atoms. The van der Waals surface area contributed by atoms with E-state index in [9.17, 15) is 4.79 Å². The van der Waals surface area contributed by atoms with Crippen molar-refractivity contribution in [3.05, 3.63) is 28.4 Å². The zero-order valence-corrected chi connectivity index (χ0v) is 13.1. The quantitative estimate of drug-likeness (QED) is 0.867. The Labute approximate surface area is 131 Å². The number of carboxylic acids is 1. The Balaban J connectivity index is 1.70. The number of aromatic amines is 1.